The molecule has 0 saturated carbocycles. The van der Waals surface area contributed by atoms with E-state index in [0.717, 1.165) is 3.57 Å². The highest BCUT2D eigenvalue weighted by Gasteiger charge is 2.25. The van der Waals surface area contributed by atoms with Gasteiger partial charge in [0.25, 0.3) is 11.8 Å². The maximum Gasteiger partial charge on any atom is 0.262 e. The van der Waals surface area contributed by atoms with Crippen LogP contribution in [0.25, 0.3) is 0 Å². The van der Waals surface area contributed by atoms with Crippen molar-refractivity contribution in [3.63, 3.8) is 0 Å². The summed E-state index contributed by atoms with van der Waals surface area (Å²) in [5.41, 5.74) is 3.20. The van der Waals surface area contributed by atoms with Gasteiger partial charge in [-0.1, -0.05) is 49.7 Å². The summed E-state index contributed by atoms with van der Waals surface area (Å²) >= 11 is 14.2. The lowest BCUT2D eigenvalue weighted by Crippen LogP contribution is -2.49. The molecule has 0 bridgehead atoms. The van der Waals surface area contributed by atoms with E-state index in [4.69, 9.17) is 37.4 Å². The normalized spacial score (nSPS) is 12.6. The molecule has 0 aliphatic heterocycles. The Balaban J connectivity index is 2.07. The molecule has 0 saturated heterocycles. The van der Waals surface area contributed by atoms with Crippen LogP contribution in [0, 0.1) is 9.49 Å². The summed E-state index contributed by atoms with van der Waals surface area (Å²) in [5.74, 6) is 0.652. The third kappa shape index (κ3) is 9.71. The van der Waals surface area contributed by atoms with E-state index in [1.807, 2.05) is 19.9 Å². The third-order valence-corrected chi connectivity index (χ3v) is 6.22. The maximum absolute atomic E-state index is 12.9. The van der Waals surface area contributed by atoms with Crippen molar-refractivity contribution in [3.05, 3.63) is 62.2 Å². The number of nitrogens with zero attached hydrogens (tertiary/aromatic N) is 1. The molecule has 2 aromatic rings. The molecule has 2 amide bonds. The fraction of sp³-hybridized carbons (Fsp3) is 0.346. The van der Waals surface area contributed by atoms with Crippen molar-refractivity contribution in [1.82, 2.24) is 10.7 Å². The Bertz CT molecular complexity index is 1140. The van der Waals surface area contributed by atoms with Gasteiger partial charge in [-0.2, -0.15) is 5.10 Å². The van der Waals surface area contributed by atoms with E-state index >= 15 is 0 Å². The van der Waals surface area contributed by atoms with Crippen molar-refractivity contribution in [1.29, 1.82) is 0 Å². The Morgan fingerprint density at radius 3 is 2.49 bits per heavy atom. The summed E-state index contributed by atoms with van der Waals surface area (Å²) in [6, 6.07) is 7.47. The third-order valence-electron chi connectivity index (χ3n) is 4.89. The van der Waals surface area contributed by atoms with Gasteiger partial charge in [0.05, 0.1) is 21.9 Å². The molecule has 0 heterocycles. The van der Waals surface area contributed by atoms with E-state index in [0.29, 0.717) is 40.9 Å². The summed E-state index contributed by atoms with van der Waals surface area (Å²) in [5, 5.41) is 7.54. The highest BCUT2D eigenvalue weighted by molar-refractivity contribution is 14.1. The number of methoxy groups -OCH3 is 1. The first-order chi connectivity index (χ1) is 17.5. The van der Waals surface area contributed by atoms with Gasteiger partial charge in [0.15, 0.2) is 17.6 Å². The molecule has 0 fully saturated rings. The molecule has 0 aliphatic rings. The predicted octanol–water partition coefficient (Wildman–Crippen LogP) is 5.62. The number of hydrogen-bond donors (Lipinski definition) is 2. The molecule has 0 aliphatic carbocycles. The molecule has 37 heavy (non-hydrogen) atoms. The molecule has 2 rings (SSSR count). The second-order valence-corrected chi connectivity index (χ2v) is 10.4. The number of halogens is 3. The molecule has 2 N–H and O–H groups in total. The van der Waals surface area contributed by atoms with Crippen molar-refractivity contribution in [3.8, 4) is 17.2 Å². The molecular formula is C26H30Cl2IN3O5. The first-order valence-electron chi connectivity index (χ1n) is 11.4. The van der Waals surface area contributed by atoms with Gasteiger partial charge < -0.3 is 19.5 Å². The van der Waals surface area contributed by atoms with Crippen LogP contribution < -0.4 is 25.0 Å². The van der Waals surface area contributed by atoms with Crippen molar-refractivity contribution in [2.24, 2.45) is 11.0 Å². The number of hydrazone groups is 1. The van der Waals surface area contributed by atoms with E-state index in [2.05, 4.69) is 45.0 Å². The second kappa shape index (κ2) is 15.0. The highest BCUT2D eigenvalue weighted by atomic mass is 127. The Hall–Kier alpha value is -2.50. The Labute approximate surface area is 240 Å². The fourth-order valence-corrected chi connectivity index (χ4v) is 4.39. The Morgan fingerprint density at radius 2 is 1.86 bits per heavy atom. The fourth-order valence-electron chi connectivity index (χ4n) is 3.15. The highest BCUT2D eigenvalue weighted by Crippen LogP contribution is 2.33. The number of rotatable bonds is 13. The van der Waals surface area contributed by atoms with Gasteiger partial charge in [-0.15, -0.1) is 0 Å². The quantitative estimate of drug-likeness (QED) is 0.126. The Kier molecular flexibility index (Phi) is 12.5. The van der Waals surface area contributed by atoms with E-state index < -0.39 is 24.0 Å². The largest absolute Gasteiger partial charge is 0.493 e. The molecular weight excluding hydrogens is 632 g/mol. The van der Waals surface area contributed by atoms with Crippen LogP contribution in [0.4, 0.5) is 0 Å². The number of hydrogen-bond acceptors (Lipinski definition) is 6. The van der Waals surface area contributed by atoms with E-state index in [1.54, 1.807) is 38.3 Å². The SMILES string of the molecule is C=CCOc1c(I)cc(/C=N\NC(=O)[C@H](CC(C)C)NC(=O)[C@@H](C)Oc2ccc(Cl)cc2Cl)cc1OC. The van der Waals surface area contributed by atoms with Gasteiger partial charge in [0.2, 0.25) is 0 Å². The number of benzene rings is 2. The summed E-state index contributed by atoms with van der Waals surface area (Å²) in [4.78, 5) is 25.6. The van der Waals surface area contributed by atoms with Crippen LogP contribution in [0.2, 0.25) is 10.0 Å². The van der Waals surface area contributed by atoms with Crippen LogP contribution in [0.3, 0.4) is 0 Å². The van der Waals surface area contributed by atoms with Crippen LogP contribution >= 0.6 is 45.8 Å². The molecule has 0 radical (unpaired) electrons. The van der Waals surface area contributed by atoms with E-state index in [1.165, 1.54) is 12.3 Å². The van der Waals surface area contributed by atoms with E-state index in [-0.39, 0.29) is 10.9 Å². The first kappa shape index (κ1) is 30.7. The molecule has 200 valence electrons. The molecule has 8 nitrogen and oxygen atoms in total. The topological polar surface area (TPSA) is 98.2 Å². The smallest absolute Gasteiger partial charge is 0.262 e. The number of carbonyl (C=O) groups excluding carboxylic acids is 2. The number of amides is 2. The van der Waals surface area contributed by atoms with Gasteiger partial charge >= 0.3 is 0 Å². The minimum atomic E-state index is -0.902. The summed E-state index contributed by atoms with van der Waals surface area (Å²) < 4.78 is 17.5. The van der Waals surface area contributed by atoms with Gasteiger partial charge in [0, 0.05) is 5.02 Å². The lowest BCUT2D eigenvalue weighted by atomic mass is 10.0. The maximum atomic E-state index is 12.9. The molecule has 11 heteroatoms. The zero-order valence-electron chi connectivity index (χ0n) is 21.0. The molecule has 0 spiro atoms. The average Bonchev–Trinajstić information content (AvgIpc) is 2.83. The standard InChI is InChI=1S/C26H30Cl2IN3O5/c1-6-9-36-24-20(29)11-17(12-23(24)35-5)14-30-32-26(34)21(10-15(2)3)31-25(33)16(4)37-22-8-7-18(27)13-19(22)28/h6-8,11-16,21H,1,9-10H2,2-5H3,(H,31,33)(H,32,34)/b30-14-/t16-,21+/m1/s1. The first-order valence-corrected chi connectivity index (χ1v) is 13.2. The van der Waals surface area contributed by atoms with Crippen LogP contribution in [0.1, 0.15) is 32.8 Å². The minimum Gasteiger partial charge on any atom is -0.493 e. The van der Waals surface area contributed by atoms with Crippen molar-refractivity contribution < 1.29 is 23.8 Å². The number of carbonyl (C=O) groups is 2. The summed E-state index contributed by atoms with van der Waals surface area (Å²) in [6.07, 6.45) is 2.64. The average molecular weight is 662 g/mol. The predicted molar refractivity (Wildman–Crippen MR) is 155 cm³/mol. The van der Waals surface area contributed by atoms with Crippen molar-refractivity contribution >= 4 is 63.8 Å². The zero-order chi connectivity index (χ0) is 27.5. The van der Waals surface area contributed by atoms with Gasteiger partial charge in [-0.3, -0.25) is 9.59 Å². The van der Waals surface area contributed by atoms with Crippen LogP contribution in [0.15, 0.2) is 48.1 Å². The van der Waals surface area contributed by atoms with Gasteiger partial charge in [0.1, 0.15) is 18.4 Å². The van der Waals surface area contributed by atoms with E-state index in [9.17, 15) is 9.59 Å². The monoisotopic (exact) mass is 661 g/mol. The zero-order valence-corrected chi connectivity index (χ0v) is 24.7. The van der Waals surface area contributed by atoms with Crippen molar-refractivity contribution in [2.45, 2.75) is 39.3 Å². The van der Waals surface area contributed by atoms with Gasteiger partial charge in [-0.05, 0) is 77.7 Å². The number of nitrogens with one attached hydrogen (secondary N) is 2. The summed E-state index contributed by atoms with van der Waals surface area (Å²) in [6.45, 7) is 9.46. The lowest BCUT2D eigenvalue weighted by molar-refractivity contribution is -0.132. The number of ether oxygens (including phenoxy) is 3. The molecule has 0 unspecified atom stereocenters. The summed E-state index contributed by atoms with van der Waals surface area (Å²) in [7, 11) is 1.54. The minimum absolute atomic E-state index is 0.135. The molecule has 0 aromatic heterocycles. The van der Waals surface area contributed by atoms with Crippen LogP contribution in [-0.4, -0.2) is 43.9 Å². The van der Waals surface area contributed by atoms with Gasteiger partial charge in [-0.25, -0.2) is 5.43 Å². The lowest BCUT2D eigenvalue weighted by Gasteiger charge is -2.22. The molecule has 2 aromatic carbocycles. The van der Waals surface area contributed by atoms with Crippen molar-refractivity contribution in [2.75, 3.05) is 13.7 Å². The second-order valence-electron chi connectivity index (χ2n) is 8.39. The Morgan fingerprint density at radius 1 is 1.14 bits per heavy atom. The van der Waals surface area contributed by atoms with Crippen LogP contribution in [0.5, 0.6) is 17.2 Å². The molecule has 2 atom stereocenters. The van der Waals surface area contributed by atoms with Crippen LogP contribution in [-0.2, 0) is 9.59 Å².